The van der Waals surface area contributed by atoms with Crippen LogP contribution in [0.5, 0.6) is 0 Å². The molecule has 4 rings (SSSR count). The first kappa shape index (κ1) is 15.3. The molecule has 4 aromatic rings. The lowest BCUT2D eigenvalue weighted by molar-refractivity contribution is 0.0785. The number of pyridine rings is 2. The summed E-state index contributed by atoms with van der Waals surface area (Å²) in [6.07, 6.45) is 3.58. The average molecular weight is 327 g/mol. The monoisotopic (exact) mass is 327 g/mol. The molecular formula is C21H17N3O. The molecule has 0 saturated carbocycles. The number of hydrogen-bond acceptors (Lipinski definition) is 3. The summed E-state index contributed by atoms with van der Waals surface area (Å²) in [6.45, 7) is 0.516. The number of amides is 1. The van der Waals surface area contributed by atoms with Crippen LogP contribution in [0.15, 0.2) is 73.1 Å². The van der Waals surface area contributed by atoms with E-state index in [0.29, 0.717) is 12.1 Å². The predicted molar refractivity (Wildman–Crippen MR) is 99.3 cm³/mol. The summed E-state index contributed by atoms with van der Waals surface area (Å²) in [7, 11) is 1.81. The smallest absolute Gasteiger partial charge is 0.253 e. The van der Waals surface area contributed by atoms with Gasteiger partial charge in [0.15, 0.2) is 0 Å². The summed E-state index contributed by atoms with van der Waals surface area (Å²) in [5.74, 6) is -0.0149. The van der Waals surface area contributed by atoms with Crippen LogP contribution in [0.4, 0.5) is 0 Å². The van der Waals surface area contributed by atoms with Crippen LogP contribution in [-0.4, -0.2) is 27.8 Å². The van der Waals surface area contributed by atoms with Crippen molar-refractivity contribution in [3.05, 3.63) is 84.2 Å². The maximum absolute atomic E-state index is 12.7. The molecule has 2 heterocycles. The number of benzene rings is 2. The molecule has 0 saturated heterocycles. The van der Waals surface area contributed by atoms with Crippen LogP contribution in [0.1, 0.15) is 15.9 Å². The van der Waals surface area contributed by atoms with E-state index < -0.39 is 0 Å². The normalized spacial score (nSPS) is 10.9. The summed E-state index contributed by atoms with van der Waals surface area (Å²) in [4.78, 5) is 23.2. The Morgan fingerprint density at radius 2 is 1.68 bits per heavy atom. The largest absolute Gasteiger partial charge is 0.337 e. The predicted octanol–water partition coefficient (Wildman–Crippen LogP) is 4.06. The lowest BCUT2D eigenvalue weighted by atomic mass is 10.1. The van der Waals surface area contributed by atoms with E-state index in [9.17, 15) is 4.79 Å². The molecule has 1 amide bonds. The van der Waals surface area contributed by atoms with Gasteiger partial charge in [-0.05, 0) is 42.0 Å². The second-order valence-corrected chi connectivity index (χ2v) is 6.11. The molecule has 4 nitrogen and oxygen atoms in total. The number of carbonyl (C=O) groups is 1. The van der Waals surface area contributed by atoms with E-state index in [0.717, 1.165) is 27.4 Å². The SMILES string of the molecule is CN(Cc1cnc2ccccc2c1)C(=O)c1ccc2ncccc2c1. The molecule has 0 N–H and O–H groups in total. The summed E-state index contributed by atoms with van der Waals surface area (Å²) in [5, 5.41) is 2.05. The zero-order valence-electron chi connectivity index (χ0n) is 13.9. The highest BCUT2D eigenvalue weighted by Gasteiger charge is 2.13. The van der Waals surface area contributed by atoms with Crippen LogP contribution in [0, 0.1) is 0 Å². The van der Waals surface area contributed by atoms with E-state index in [4.69, 9.17) is 0 Å². The highest BCUT2D eigenvalue weighted by atomic mass is 16.2. The van der Waals surface area contributed by atoms with Crippen molar-refractivity contribution in [1.29, 1.82) is 0 Å². The van der Waals surface area contributed by atoms with Crippen LogP contribution in [-0.2, 0) is 6.54 Å². The number of rotatable bonds is 3. The third kappa shape index (κ3) is 3.06. The van der Waals surface area contributed by atoms with Gasteiger partial charge in [0, 0.05) is 42.3 Å². The molecule has 2 aromatic heterocycles. The highest BCUT2D eigenvalue weighted by molar-refractivity contribution is 5.97. The maximum atomic E-state index is 12.7. The van der Waals surface area contributed by atoms with Gasteiger partial charge in [0.1, 0.15) is 0 Å². The Morgan fingerprint density at radius 3 is 2.60 bits per heavy atom. The molecule has 4 heteroatoms. The summed E-state index contributed by atoms with van der Waals surface area (Å²) >= 11 is 0. The average Bonchev–Trinajstić information content (AvgIpc) is 2.67. The first-order valence-corrected chi connectivity index (χ1v) is 8.15. The van der Waals surface area contributed by atoms with E-state index in [-0.39, 0.29) is 5.91 Å². The van der Waals surface area contributed by atoms with Gasteiger partial charge in [-0.3, -0.25) is 14.8 Å². The third-order valence-corrected chi connectivity index (χ3v) is 4.26. The van der Waals surface area contributed by atoms with Gasteiger partial charge in [0.2, 0.25) is 0 Å². The summed E-state index contributed by atoms with van der Waals surface area (Å²) in [5.41, 5.74) is 3.52. The van der Waals surface area contributed by atoms with Gasteiger partial charge in [0.25, 0.3) is 5.91 Å². The fourth-order valence-electron chi connectivity index (χ4n) is 2.98. The number of nitrogens with zero attached hydrogens (tertiary/aromatic N) is 3. The van der Waals surface area contributed by atoms with E-state index >= 15 is 0 Å². The minimum absolute atomic E-state index is 0.0149. The molecule has 0 aliphatic carbocycles. The van der Waals surface area contributed by atoms with Gasteiger partial charge in [-0.1, -0.05) is 24.3 Å². The number of para-hydroxylation sites is 1. The number of aromatic nitrogens is 2. The lowest BCUT2D eigenvalue weighted by Crippen LogP contribution is -2.26. The fraction of sp³-hybridized carbons (Fsp3) is 0.0952. The molecule has 0 aliphatic rings. The quantitative estimate of drug-likeness (QED) is 0.570. The van der Waals surface area contributed by atoms with Gasteiger partial charge in [0.05, 0.1) is 11.0 Å². The summed E-state index contributed by atoms with van der Waals surface area (Å²) < 4.78 is 0. The van der Waals surface area contributed by atoms with Crippen molar-refractivity contribution in [2.75, 3.05) is 7.05 Å². The number of hydrogen-bond donors (Lipinski definition) is 0. The Bertz CT molecular complexity index is 1070. The zero-order chi connectivity index (χ0) is 17.2. The van der Waals surface area contributed by atoms with Crippen molar-refractivity contribution in [3.8, 4) is 0 Å². The standard InChI is InChI=1S/C21H17N3O/c1-24(14-15-11-16-5-2-3-7-19(16)23-13-15)21(25)18-8-9-20-17(12-18)6-4-10-22-20/h2-13H,14H2,1H3. The first-order chi connectivity index (χ1) is 12.2. The molecule has 0 radical (unpaired) electrons. The second kappa shape index (κ2) is 6.32. The Hall–Kier alpha value is -3.27. The van der Waals surface area contributed by atoms with Gasteiger partial charge in [-0.25, -0.2) is 0 Å². The Morgan fingerprint density at radius 1 is 0.920 bits per heavy atom. The minimum atomic E-state index is -0.0149. The van der Waals surface area contributed by atoms with Crippen molar-refractivity contribution in [2.24, 2.45) is 0 Å². The molecule has 122 valence electrons. The maximum Gasteiger partial charge on any atom is 0.253 e. The lowest BCUT2D eigenvalue weighted by Gasteiger charge is -2.17. The van der Waals surface area contributed by atoms with Gasteiger partial charge in [-0.15, -0.1) is 0 Å². The van der Waals surface area contributed by atoms with E-state index in [2.05, 4.69) is 16.0 Å². The van der Waals surface area contributed by atoms with Crippen LogP contribution in [0.2, 0.25) is 0 Å². The Balaban J connectivity index is 1.57. The molecule has 0 atom stereocenters. The van der Waals surface area contributed by atoms with Crippen LogP contribution < -0.4 is 0 Å². The minimum Gasteiger partial charge on any atom is -0.337 e. The topological polar surface area (TPSA) is 46.1 Å². The molecule has 0 spiro atoms. The van der Waals surface area contributed by atoms with Crippen LogP contribution >= 0.6 is 0 Å². The van der Waals surface area contributed by atoms with Crippen molar-refractivity contribution in [1.82, 2.24) is 14.9 Å². The van der Waals surface area contributed by atoms with E-state index in [1.807, 2.05) is 67.8 Å². The molecule has 0 bridgehead atoms. The molecule has 0 unspecified atom stereocenters. The summed E-state index contributed by atoms with van der Waals surface area (Å²) in [6, 6.07) is 19.5. The zero-order valence-corrected chi connectivity index (χ0v) is 13.9. The van der Waals surface area contributed by atoms with Crippen LogP contribution in [0.3, 0.4) is 0 Å². The van der Waals surface area contributed by atoms with E-state index in [1.54, 1.807) is 11.1 Å². The van der Waals surface area contributed by atoms with Crippen molar-refractivity contribution in [3.63, 3.8) is 0 Å². The number of fused-ring (bicyclic) bond motifs is 2. The molecule has 0 fully saturated rings. The molecule has 0 aliphatic heterocycles. The molecule has 25 heavy (non-hydrogen) atoms. The molecular weight excluding hydrogens is 310 g/mol. The van der Waals surface area contributed by atoms with E-state index in [1.165, 1.54) is 0 Å². The van der Waals surface area contributed by atoms with Gasteiger partial charge >= 0.3 is 0 Å². The Kier molecular flexibility index (Phi) is 3.86. The van der Waals surface area contributed by atoms with Crippen molar-refractivity contribution in [2.45, 2.75) is 6.54 Å². The van der Waals surface area contributed by atoms with Gasteiger partial charge in [-0.2, -0.15) is 0 Å². The third-order valence-electron chi connectivity index (χ3n) is 4.26. The van der Waals surface area contributed by atoms with Crippen molar-refractivity contribution < 1.29 is 4.79 Å². The Labute approximate surface area is 145 Å². The first-order valence-electron chi connectivity index (χ1n) is 8.15. The van der Waals surface area contributed by atoms with Gasteiger partial charge < -0.3 is 4.90 Å². The molecule has 2 aromatic carbocycles. The number of carbonyl (C=O) groups excluding carboxylic acids is 1. The highest BCUT2D eigenvalue weighted by Crippen LogP contribution is 2.17. The van der Waals surface area contributed by atoms with Crippen molar-refractivity contribution >= 4 is 27.7 Å². The second-order valence-electron chi connectivity index (χ2n) is 6.11. The fourth-order valence-corrected chi connectivity index (χ4v) is 2.98. The van der Waals surface area contributed by atoms with Crippen LogP contribution in [0.25, 0.3) is 21.8 Å².